The number of hydrogen-bond acceptors (Lipinski definition) is 4. The van der Waals surface area contributed by atoms with Crippen molar-refractivity contribution in [3.05, 3.63) is 60.3 Å². The molecule has 5 nitrogen and oxygen atoms in total. The van der Waals surface area contributed by atoms with Crippen LogP contribution in [0.5, 0.6) is 11.5 Å². The molecule has 2 N–H and O–H groups in total. The van der Waals surface area contributed by atoms with Gasteiger partial charge in [-0.1, -0.05) is 36.4 Å². The molecule has 0 aliphatic carbocycles. The van der Waals surface area contributed by atoms with E-state index in [9.17, 15) is 0 Å². The Hall–Kier alpha value is -2.66. The summed E-state index contributed by atoms with van der Waals surface area (Å²) in [6, 6.07) is 15.7. The fourth-order valence-corrected chi connectivity index (χ4v) is 2.56. The zero-order valence-corrected chi connectivity index (χ0v) is 14.4. The lowest BCUT2D eigenvalue weighted by Gasteiger charge is -2.13. The van der Waals surface area contributed by atoms with Crippen LogP contribution in [0, 0.1) is 0 Å². The van der Waals surface area contributed by atoms with E-state index < -0.39 is 0 Å². The molecule has 0 atom stereocenters. The highest BCUT2D eigenvalue weighted by Gasteiger charge is 2.13. The number of nitrogen functional groups attached to an aromatic ring is 1. The van der Waals surface area contributed by atoms with Gasteiger partial charge >= 0.3 is 0 Å². The summed E-state index contributed by atoms with van der Waals surface area (Å²) in [4.78, 5) is 4.45. The highest BCUT2D eigenvalue weighted by molar-refractivity contribution is 5.85. The summed E-state index contributed by atoms with van der Waals surface area (Å²) in [5, 5.41) is 0. The van der Waals surface area contributed by atoms with E-state index in [1.54, 1.807) is 14.2 Å². The van der Waals surface area contributed by atoms with Crippen LogP contribution in [-0.2, 0) is 6.54 Å². The number of benzene rings is 2. The number of imidazole rings is 1. The minimum Gasteiger partial charge on any atom is -0.496 e. The molecule has 0 bridgehead atoms. The van der Waals surface area contributed by atoms with Gasteiger partial charge in [-0.3, -0.25) is 0 Å². The van der Waals surface area contributed by atoms with E-state index in [0.29, 0.717) is 12.5 Å². The van der Waals surface area contributed by atoms with Crippen LogP contribution in [0.4, 0.5) is 5.95 Å². The third kappa shape index (κ3) is 3.46. The van der Waals surface area contributed by atoms with Crippen LogP contribution in [0.25, 0.3) is 11.3 Å². The number of aromatic nitrogens is 2. The minimum absolute atomic E-state index is 0. The van der Waals surface area contributed by atoms with Crippen molar-refractivity contribution in [1.29, 1.82) is 0 Å². The van der Waals surface area contributed by atoms with Gasteiger partial charge in [0.1, 0.15) is 11.5 Å². The first-order valence-electron chi connectivity index (χ1n) is 7.31. The van der Waals surface area contributed by atoms with Gasteiger partial charge in [0.15, 0.2) is 0 Å². The van der Waals surface area contributed by atoms with Gasteiger partial charge in [-0.25, -0.2) is 4.98 Å². The van der Waals surface area contributed by atoms with Crippen LogP contribution >= 0.6 is 12.4 Å². The van der Waals surface area contributed by atoms with Crippen LogP contribution in [0.3, 0.4) is 0 Å². The van der Waals surface area contributed by atoms with Gasteiger partial charge < -0.3 is 19.8 Å². The number of anilines is 1. The molecule has 3 aromatic rings. The van der Waals surface area contributed by atoms with E-state index in [1.165, 1.54) is 0 Å². The molecule has 0 spiro atoms. The normalized spacial score (nSPS) is 10.1. The maximum absolute atomic E-state index is 6.08. The van der Waals surface area contributed by atoms with Gasteiger partial charge in [0.05, 0.1) is 32.0 Å². The van der Waals surface area contributed by atoms with Crippen molar-refractivity contribution in [3.63, 3.8) is 0 Å². The summed E-state index contributed by atoms with van der Waals surface area (Å²) < 4.78 is 12.8. The lowest BCUT2D eigenvalue weighted by molar-refractivity contribution is 0.383. The van der Waals surface area contributed by atoms with E-state index in [1.807, 2.05) is 59.3 Å². The molecule has 0 unspecified atom stereocenters. The standard InChI is InChI=1S/C18H19N3O2.ClH/c1-22-16-9-6-10-17(23-2)14(16)11-21-12-15(20-18(21)19)13-7-4-3-5-8-13;/h3-10,12H,11H2,1-2H3,(H2,19,20);1H. The lowest BCUT2D eigenvalue weighted by atomic mass is 10.1. The van der Waals surface area contributed by atoms with E-state index in [-0.39, 0.29) is 12.4 Å². The number of halogens is 1. The first kappa shape index (κ1) is 17.7. The summed E-state index contributed by atoms with van der Waals surface area (Å²) in [7, 11) is 3.29. The highest BCUT2D eigenvalue weighted by Crippen LogP contribution is 2.30. The van der Waals surface area contributed by atoms with Crippen molar-refractivity contribution in [2.45, 2.75) is 6.54 Å². The predicted molar refractivity (Wildman–Crippen MR) is 98.0 cm³/mol. The molecule has 24 heavy (non-hydrogen) atoms. The molecule has 126 valence electrons. The van der Waals surface area contributed by atoms with E-state index in [4.69, 9.17) is 15.2 Å². The van der Waals surface area contributed by atoms with Crippen LogP contribution in [0.2, 0.25) is 0 Å². The summed E-state index contributed by atoms with van der Waals surface area (Å²) >= 11 is 0. The molecule has 0 saturated heterocycles. The summed E-state index contributed by atoms with van der Waals surface area (Å²) in [5.74, 6) is 1.98. The van der Waals surface area contributed by atoms with Crippen LogP contribution in [0.15, 0.2) is 54.7 Å². The second kappa shape index (κ2) is 7.75. The van der Waals surface area contributed by atoms with Crippen LogP contribution in [0.1, 0.15) is 5.56 Å². The molecule has 0 aliphatic rings. The monoisotopic (exact) mass is 345 g/mol. The number of rotatable bonds is 5. The van der Waals surface area contributed by atoms with Gasteiger partial charge in [0.25, 0.3) is 0 Å². The minimum atomic E-state index is 0. The average molecular weight is 346 g/mol. The number of methoxy groups -OCH3 is 2. The molecule has 0 aliphatic heterocycles. The maximum Gasteiger partial charge on any atom is 0.201 e. The van der Waals surface area contributed by atoms with Crippen LogP contribution < -0.4 is 15.2 Å². The molecule has 6 heteroatoms. The Morgan fingerprint density at radius 3 is 2.17 bits per heavy atom. The SMILES string of the molecule is COc1cccc(OC)c1Cn1cc(-c2ccccc2)nc1N.Cl. The van der Waals surface area contributed by atoms with E-state index in [2.05, 4.69) is 4.98 Å². The molecular formula is C18H20ClN3O2. The highest BCUT2D eigenvalue weighted by atomic mass is 35.5. The van der Waals surface area contributed by atoms with Gasteiger partial charge in [-0.15, -0.1) is 12.4 Å². The van der Waals surface area contributed by atoms with Crippen molar-refractivity contribution < 1.29 is 9.47 Å². The predicted octanol–water partition coefficient (Wildman–Crippen LogP) is 3.62. The fraction of sp³-hybridized carbons (Fsp3) is 0.167. The van der Waals surface area contributed by atoms with Crippen molar-refractivity contribution in [2.24, 2.45) is 0 Å². The molecule has 2 aromatic carbocycles. The third-order valence-electron chi connectivity index (χ3n) is 3.74. The molecule has 1 heterocycles. The Balaban J connectivity index is 0.00000208. The third-order valence-corrected chi connectivity index (χ3v) is 3.74. The number of ether oxygens (including phenoxy) is 2. The average Bonchev–Trinajstić information content (AvgIpc) is 2.96. The number of nitrogens with two attached hydrogens (primary N) is 1. The Morgan fingerprint density at radius 2 is 1.58 bits per heavy atom. The zero-order valence-electron chi connectivity index (χ0n) is 13.6. The van der Waals surface area contributed by atoms with Gasteiger partial charge in [-0.2, -0.15) is 0 Å². The number of nitrogens with zero attached hydrogens (tertiary/aromatic N) is 2. The Bertz CT molecular complexity index is 781. The smallest absolute Gasteiger partial charge is 0.201 e. The Kier molecular flexibility index (Phi) is 5.71. The van der Waals surface area contributed by atoms with Gasteiger partial charge in [-0.05, 0) is 12.1 Å². The van der Waals surface area contributed by atoms with Crippen molar-refractivity contribution in [2.75, 3.05) is 20.0 Å². The molecule has 0 saturated carbocycles. The second-order valence-corrected chi connectivity index (χ2v) is 5.12. The molecule has 0 amide bonds. The molecule has 0 fully saturated rings. The first-order chi connectivity index (χ1) is 11.2. The Morgan fingerprint density at radius 1 is 0.958 bits per heavy atom. The number of hydrogen-bond donors (Lipinski definition) is 1. The molecule has 3 rings (SSSR count). The quantitative estimate of drug-likeness (QED) is 0.767. The van der Waals surface area contributed by atoms with Gasteiger partial charge in [0.2, 0.25) is 5.95 Å². The first-order valence-corrected chi connectivity index (χ1v) is 7.31. The molecular weight excluding hydrogens is 326 g/mol. The summed E-state index contributed by atoms with van der Waals surface area (Å²) in [6.07, 6.45) is 1.94. The van der Waals surface area contributed by atoms with E-state index in [0.717, 1.165) is 28.3 Å². The molecule has 0 radical (unpaired) electrons. The van der Waals surface area contributed by atoms with Crippen molar-refractivity contribution >= 4 is 18.4 Å². The van der Waals surface area contributed by atoms with Gasteiger partial charge in [0, 0.05) is 11.8 Å². The van der Waals surface area contributed by atoms with Crippen LogP contribution in [-0.4, -0.2) is 23.8 Å². The van der Waals surface area contributed by atoms with E-state index >= 15 is 0 Å². The van der Waals surface area contributed by atoms with Crippen molar-refractivity contribution in [3.8, 4) is 22.8 Å². The lowest BCUT2D eigenvalue weighted by Crippen LogP contribution is -2.06. The summed E-state index contributed by atoms with van der Waals surface area (Å²) in [5.41, 5.74) is 8.89. The van der Waals surface area contributed by atoms with Crippen molar-refractivity contribution in [1.82, 2.24) is 9.55 Å². The zero-order chi connectivity index (χ0) is 16.2. The Labute approximate surface area is 147 Å². The topological polar surface area (TPSA) is 62.3 Å². The fourth-order valence-electron chi connectivity index (χ4n) is 2.56. The summed E-state index contributed by atoms with van der Waals surface area (Å²) in [6.45, 7) is 0.527. The largest absolute Gasteiger partial charge is 0.496 e. The maximum atomic E-state index is 6.08. The molecule has 1 aromatic heterocycles. The second-order valence-electron chi connectivity index (χ2n) is 5.12.